The van der Waals surface area contributed by atoms with Crippen molar-refractivity contribution in [2.24, 2.45) is 4.99 Å². The smallest absolute Gasteiger partial charge is 0.356 e. The topological polar surface area (TPSA) is 30.9 Å². The molecule has 2 aliphatic rings. The van der Waals surface area contributed by atoms with E-state index < -0.39 is 11.7 Å². The Morgan fingerprint density at radius 3 is 2.75 bits per heavy atom. The summed E-state index contributed by atoms with van der Waals surface area (Å²) < 4.78 is 38.3. The summed E-state index contributed by atoms with van der Waals surface area (Å²) in [7, 11) is 0. The molecule has 7 heteroatoms. The SMILES string of the molecule is CCNC(=NCC#Cc1cccc(C(F)(F)F)c1)N1CCC(N2CCCC2)C1. The Bertz CT molecular complexity index is 742. The predicted octanol–water partition coefficient (Wildman–Crippen LogP) is 3.19. The number of halogens is 3. The maximum atomic E-state index is 12.8. The Morgan fingerprint density at radius 1 is 1.25 bits per heavy atom. The maximum absolute atomic E-state index is 12.8. The Balaban J connectivity index is 1.61. The van der Waals surface area contributed by atoms with Gasteiger partial charge in [0.25, 0.3) is 0 Å². The molecule has 2 aliphatic heterocycles. The highest BCUT2D eigenvalue weighted by atomic mass is 19.4. The molecule has 0 spiro atoms. The van der Waals surface area contributed by atoms with Crippen LogP contribution in [0.1, 0.15) is 37.3 Å². The minimum atomic E-state index is -4.35. The second-order valence-corrected chi connectivity index (χ2v) is 7.18. The number of hydrogen-bond donors (Lipinski definition) is 1. The molecule has 1 aromatic carbocycles. The third-order valence-corrected chi connectivity index (χ3v) is 5.19. The molecule has 1 atom stereocenters. The molecule has 1 N–H and O–H groups in total. The fourth-order valence-electron chi connectivity index (χ4n) is 3.79. The molecule has 0 radical (unpaired) electrons. The van der Waals surface area contributed by atoms with Crippen LogP contribution in [0.4, 0.5) is 13.2 Å². The monoisotopic (exact) mass is 392 g/mol. The lowest BCUT2D eigenvalue weighted by atomic mass is 10.1. The van der Waals surface area contributed by atoms with Gasteiger partial charge in [0.2, 0.25) is 0 Å². The summed E-state index contributed by atoms with van der Waals surface area (Å²) in [6.45, 7) is 7.36. The van der Waals surface area contributed by atoms with E-state index in [0.717, 1.165) is 44.1 Å². The minimum Gasteiger partial charge on any atom is -0.356 e. The van der Waals surface area contributed by atoms with Gasteiger partial charge in [-0.2, -0.15) is 13.2 Å². The van der Waals surface area contributed by atoms with E-state index in [1.54, 1.807) is 6.07 Å². The third kappa shape index (κ3) is 5.41. The van der Waals surface area contributed by atoms with Crippen molar-refractivity contribution in [1.82, 2.24) is 15.1 Å². The maximum Gasteiger partial charge on any atom is 0.416 e. The van der Waals surface area contributed by atoms with E-state index in [2.05, 4.69) is 31.9 Å². The van der Waals surface area contributed by atoms with Crippen LogP contribution in [0, 0.1) is 11.8 Å². The molecule has 0 saturated carbocycles. The van der Waals surface area contributed by atoms with Gasteiger partial charge < -0.3 is 10.2 Å². The van der Waals surface area contributed by atoms with E-state index in [-0.39, 0.29) is 6.54 Å². The minimum absolute atomic E-state index is 0.253. The number of benzene rings is 1. The van der Waals surface area contributed by atoms with Gasteiger partial charge in [-0.15, -0.1) is 0 Å². The van der Waals surface area contributed by atoms with E-state index in [1.165, 1.54) is 32.0 Å². The number of hydrogen-bond acceptors (Lipinski definition) is 2. The van der Waals surface area contributed by atoms with Crippen molar-refractivity contribution in [3.8, 4) is 11.8 Å². The van der Waals surface area contributed by atoms with Crippen molar-refractivity contribution in [2.75, 3.05) is 39.3 Å². The van der Waals surface area contributed by atoms with Crippen molar-refractivity contribution in [2.45, 2.75) is 38.4 Å². The molecule has 152 valence electrons. The molecule has 2 heterocycles. The van der Waals surface area contributed by atoms with E-state index in [4.69, 9.17) is 0 Å². The molecule has 0 aliphatic carbocycles. The van der Waals surface area contributed by atoms with E-state index in [0.29, 0.717) is 11.6 Å². The first-order valence-electron chi connectivity index (χ1n) is 9.91. The lowest BCUT2D eigenvalue weighted by Gasteiger charge is -2.25. The first-order valence-corrected chi connectivity index (χ1v) is 9.91. The van der Waals surface area contributed by atoms with Crippen LogP contribution < -0.4 is 5.32 Å². The number of likely N-dealkylation sites (tertiary alicyclic amines) is 2. The van der Waals surface area contributed by atoms with Crippen molar-refractivity contribution >= 4 is 5.96 Å². The molecular weight excluding hydrogens is 365 g/mol. The largest absolute Gasteiger partial charge is 0.416 e. The van der Waals surface area contributed by atoms with Crippen LogP contribution in [0.25, 0.3) is 0 Å². The van der Waals surface area contributed by atoms with E-state index in [9.17, 15) is 13.2 Å². The molecule has 0 amide bonds. The van der Waals surface area contributed by atoms with Gasteiger partial charge in [0, 0.05) is 31.2 Å². The van der Waals surface area contributed by atoms with Crippen LogP contribution in [-0.4, -0.2) is 61.1 Å². The van der Waals surface area contributed by atoms with Crippen LogP contribution >= 0.6 is 0 Å². The van der Waals surface area contributed by atoms with Gasteiger partial charge in [-0.05, 0) is 57.5 Å². The first-order chi connectivity index (χ1) is 13.5. The second kappa shape index (κ2) is 9.33. The van der Waals surface area contributed by atoms with Crippen molar-refractivity contribution < 1.29 is 13.2 Å². The number of alkyl halides is 3. The highest BCUT2D eigenvalue weighted by molar-refractivity contribution is 5.80. The first kappa shape index (κ1) is 20.5. The highest BCUT2D eigenvalue weighted by Crippen LogP contribution is 2.29. The lowest BCUT2D eigenvalue weighted by molar-refractivity contribution is -0.137. The summed E-state index contributed by atoms with van der Waals surface area (Å²) in [5, 5.41) is 3.30. The lowest BCUT2D eigenvalue weighted by Crippen LogP contribution is -2.42. The van der Waals surface area contributed by atoms with Crippen LogP contribution in [0.3, 0.4) is 0 Å². The van der Waals surface area contributed by atoms with Gasteiger partial charge in [0.15, 0.2) is 5.96 Å². The summed E-state index contributed by atoms with van der Waals surface area (Å²) in [4.78, 5) is 9.39. The number of aliphatic imine (C=N–C) groups is 1. The van der Waals surface area contributed by atoms with Gasteiger partial charge in [-0.3, -0.25) is 4.90 Å². The highest BCUT2D eigenvalue weighted by Gasteiger charge is 2.31. The summed E-state index contributed by atoms with van der Waals surface area (Å²) in [5.74, 6) is 6.50. The number of nitrogens with zero attached hydrogens (tertiary/aromatic N) is 3. The molecule has 4 nitrogen and oxygen atoms in total. The molecule has 1 unspecified atom stereocenters. The van der Waals surface area contributed by atoms with Crippen LogP contribution in [0.2, 0.25) is 0 Å². The van der Waals surface area contributed by atoms with Crippen molar-refractivity contribution in [3.63, 3.8) is 0 Å². The van der Waals surface area contributed by atoms with Gasteiger partial charge in [0.05, 0.1) is 5.56 Å². The molecule has 0 aromatic heterocycles. The fourth-order valence-corrected chi connectivity index (χ4v) is 3.79. The van der Waals surface area contributed by atoms with E-state index >= 15 is 0 Å². The van der Waals surface area contributed by atoms with E-state index in [1.807, 2.05) is 6.92 Å². The zero-order valence-corrected chi connectivity index (χ0v) is 16.2. The summed E-state index contributed by atoms with van der Waals surface area (Å²) >= 11 is 0. The Hall–Kier alpha value is -2.20. The third-order valence-electron chi connectivity index (χ3n) is 5.19. The molecule has 2 saturated heterocycles. The van der Waals surface area contributed by atoms with Gasteiger partial charge in [0.1, 0.15) is 6.54 Å². The molecule has 3 rings (SSSR count). The quantitative estimate of drug-likeness (QED) is 0.487. The summed E-state index contributed by atoms with van der Waals surface area (Å²) in [6, 6.07) is 5.67. The molecule has 0 bridgehead atoms. The fraction of sp³-hybridized carbons (Fsp3) is 0.571. The summed E-state index contributed by atoms with van der Waals surface area (Å²) in [6.07, 6.45) is -0.637. The van der Waals surface area contributed by atoms with Gasteiger partial charge in [-0.1, -0.05) is 17.9 Å². The number of rotatable bonds is 3. The second-order valence-electron chi connectivity index (χ2n) is 7.18. The van der Waals surface area contributed by atoms with Crippen LogP contribution in [-0.2, 0) is 6.18 Å². The van der Waals surface area contributed by atoms with Crippen molar-refractivity contribution in [3.05, 3.63) is 35.4 Å². The molecule has 28 heavy (non-hydrogen) atoms. The number of guanidine groups is 1. The number of nitrogens with one attached hydrogen (secondary N) is 1. The standard InChI is InChI=1S/C21H27F3N4/c1-2-25-20(28-14-10-19(16-28)27-12-3-4-13-27)26-11-6-8-17-7-5-9-18(15-17)21(22,23)24/h5,7,9,15,19H,2-4,10-14,16H2,1H3,(H,25,26). The average Bonchev–Trinajstić information content (AvgIpc) is 3.35. The van der Waals surface area contributed by atoms with Crippen LogP contribution in [0.5, 0.6) is 0 Å². The normalized spacial score (nSPS) is 20.9. The Morgan fingerprint density at radius 2 is 2.04 bits per heavy atom. The zero-order valence-electron chi connectivity index (χ0n) is 16.2. The molecular formula is C21H27F3N4. The van der Waals surface area contributed by atoms with Crippen molar-refractivity contribution in [1.29, 1.82) is 0 Å². The molecule has 2 fully saturated rings. The van der Waals surface area contributed by atoms with Gasteiger partial charge >= 0.3 is 6.18 Å². The zero-order chi connectivity index (χ0) is 20.0. The van der Waals surface area contributed by atoms with Crippen LogP contribution in [0.15, 0.2) is 29.3 Å². The van der Waals surface area contributed by atoms with Gasteiger partial charge in [-0.25, -0.2) is 4.99 Å². The average molecular weight is 392 g/mol. The Labute approximate surface area is 164 Å². The summed E-state index contributed by atoms with van der Waals surface area (Å²) in [5.41, 5.74) is -0.327. The molecule has 1 aromatic rings. The predicted molar refractivity (Wildman–Crippen MR) is 105 cm³/mol. The Kier molecular flexibility index (Phi) is 6.84.